The predicted octanol–water partition coefficient (Wildman–Crippen LogP) is 6.20. The number of rotatable bonds is 6. The molecule has 0 atom stereocenters. The Hall–Kier alpha value is -3.12. The molecule has 0 N–H and O–H groups in total. The van der Waals surface area contributed by atoms with Crippen LogP contribution in [0.25, 0.3) is 26.6 Å². The maximum Gasteiger partial charge on any atom is 0.343 e. The van der Waals surface area contributed by atoms with E-state index < -0.39 is 5.63 Å². The van der Waals surface area contributed by atoms with E-state index in [1.54, 1.807) is 30.6 Å². The third kappa shape index (κ3) is 3.71. The molecule has 6 heteroatoms. The van der Waals surface area contributed by atoms with Gasteiger partial charge in [0, 0.05) is 21.5 Å². The first-order chi connectivity index (χ1) is 14.5. The van der Waals surface area contributed by atoms with E-state index in [1.807, 2.05) is 36.6 Å². The highest BCUT2D eigenvalue weighted by molar-refractivity contribution is 7.17. The van der Waals surface area contributed by atoms with Crippen molar-refractivity contribution in [1.82, 2.24) is 0 Å². The molecule has 4 nitrogen and oxygen atoms in total. The molecule has 0 aliphatic rings. The minimum atomic E-state index is -0.397. The lowest BCUT2D eigenvalue weighted by atomic mass is 10.0. The Labute approximate surface area is 177 Å². The van der Waals surface area contributed by atoms with Gasteiger partial charge in [0.25, 0.3) is 0 Å². The van der Waals surface area contributed by atoms with Crippen molar-refractivity contribution in [2.24, 2.45) is 0 Å². The van der Waals surface area contributed by atoms with Gasteiger partial charge in [-0.05, 0) is 60.5 Å². The zero-order valence-electron chi connectivity index (χ0n) is 17.0. The second-order valence-corrected chi connectivity index (χ2v) is 7.90. The number of hydrogen-bond donors (Lipinski definition) is 0. The molecule has 154 valence electrons. The van der Waals surface area contributed by atoms with E-state index in [1.165, 1.54) is 13.2 Å². The Morgan fingerprint density at radius 3 is 2.67 bits per heavy atom. The van der Waals surface area contributed by atoms with E-state index in [9.17, 15) is 9.18 Å². The molecule has 0 aliphatic heterocycles. The number of hydrogen-bond acceptors (Lipinski definition) is 5. The van der Waals surface area contributed by atoms with Gasteiger partial charge in [-0.3, -0.25) is 0 Å². The molecule has 4 rings (SSSR count). The smallest absolute Gasteiger partial charge is 0.343 e. The van der Waals surface area contributed by atoms with Crippen LogP contribution in [0.3, 0.4) is 0 Å². The minimum absolute atomic E-state index is 0.192. The van der Waals surface area contributed by atoms with E-state index in [0.717, 1.165) is 34.1 Å². The highest BCUT2D eigenvalue weighted by Gasteiger charge is 2.12. The molecule has 0 saturated heterocycles. The summed E-state index contributed by atoms with van der Waals surface area (Å²) in [6.45, 7) is 1.89. The maximum absolute atomic E-state index is 13.9. The lowest BCUT2D eigenvalue weighted by molar-refractivity contribution is 0.355. The van der Waals surface area contributed by atoms with Crippen LogP contribution < -0.4 is 15.1 Å². The van der Waals surface area contributed by atoms with Gasteiger partial charge < -0.3 is 13.9 Å². The van der Waals surface area contributed by atoms with Gasteiger partial charge in [0.2, 0.25) is 0 Å². The molecule has 0 bridgehead atoms. The fourth-order valence-corrected chi connectivity index (χ4v) is 4.51. The van der Waals surface area contributed by atoms with Crippen LogP contribution in [0.15, 0.2) is 57.1 Å². The highest BCUT2D eigenvalue weighted by Crippen LogP contribution is 2.33. The van der Waals surface area contributed by atoms with Gasteiger partial charge in [0.05, 0.1) is 19.8 Å². The molecule has 4 aromatic rings. The molecule has 0 fully saturated rings. The third-order valence-electron chi connectivity index (χ3n) is 5.17. The van der Waals surface area contributed by atoms with Crippen molar-refractivity contribution in [3.63, 3.8) is 0 Å². The number of fused-ring (bicyclic) bond motifs is 2. The summed E-state index contributed by atoms with van der Waals surface area (Å²) < 4.78 is 31.0. The minimum Gasteiger partial charge on any atom is -0.493 e. The van der Waals surface area contributed by atoms with Crippen LogP contribution in [0.2, 0.25) is 0 Å². The Bertz CT molecular complexity index is 1320. The molecule has 30 heavy (non-hydrogen) atoms. The van der Waals surface area contributed by atoms with Crippen LogP contribution in [0.1, 0.15) is 24.5 Å². The van der Waals surface area contributed by atoms with Crippen molar-refractivity contribution < 1.29 is 18.3 Å². The third-order valence-corrected chi connectivity index (χ3v) is 6.16. The van der Waals surface area contributed by atoms with Crippen molar-refractivity contribution in [3.8, 4) is 11.5 Å². The molecule has 0 spiro atoms. The first-order valence-electron chi connectivity index (χ1n) is 9.53. The van der Waals surface area contributed by atoms with Gasteiger partial charge in [-0.25, -0.2) is 9.18 Å². The molecule has 0 amide bonds. The van der Waals surface area contributed by atoms with Crippen LogP contribution in [0.4, 0.5) is 4.39 Å². The number of ether oxygens (including phenoxy) is 2. The first-order valence-corrected chi connectivity index (χ1v) is 10.4. The van der Waals surface area contributed by atoms with Gasteiger partial charge in [-0.2, -0.15) is 0 Å². The van der Waals surface area contributed by atoms with E-state index in [2.05, 4.69) is 0 Å². The summed E-state index contributed by atoms with van der Waals surface area (Å²) in [6, 6.07) is 10.4. The standard InChI is InChI=1S/C24H21FO4S/c1-14(5-4-6-15-7-8-19(25)17-9-10-30-23(15)17)18-11-16-12-21(27-2)22(28-3)13-20(16)29-24(18)26/h5,7-13H,4,6H2,1-3H3/b14-5+. The second kappa shape index (κ2) is 8.32. The van der Waals surface area contributed by atoms with Crippen LogP contribution in [-0.2, 0) is 6.42 Å². The topological polar surface area (TPSA) is 48.7 Å². The SMILES string of the molecule is COc1cc2cc(/C(C)=C/CCc3ccc(F)c4ccsc34)c(=O)oc2cc1OC. The summed E-state index contributed by atoms with van der Waals surface area (Å²) in [5, 5.41) is 3.33. The number of halogens is 1. The van der Waals surface area contributed by atoms with Crippen LogP contribution in [0.5, 0.6) is 11.5 Å². The fourth-order valence-electron chi connectivity index (χ4n) is 3.56. The maximum atomic E-state index is 13.9. The largest absolute Gasteiger partial charge is 0.493 e. The molecule has 0 saturated carbocycles. The molecular weight excluding hydrogens is 403 g/mol. The van der Waals surface area contributed by atoms with Crippen molar-refractivity contribution in [1.29, 1.82) is 0 Å². The Balaban J connectivity index is 1.61. The molecule has 2 aromatic carbocycles. The second-order valence-electron chi connectivity index (χ2n) is 6.99. The average molecular weight is 424 g/mol. The zero-order valence-corrected chi connectivity index (χ0v) is 17.8. The molecule has 0 unspecified atom stereocenters. The number of aryl methyl sites for hydroxylation is 1. The summed E-state index contributed by atoms with van der Waals surface area (Å²) in [5.41, 5.74) is 2.50. The average Bonchev–Trinajstić information content (AvgIpc) is 3.25. The molecular formula is C24H21FO4S. The zero-order chi connectivity index (χ0) is 21.3. The summed E-state index contributed by atoms with van der Waals surface area (Å²) in [6.07, 6.45) is 3.51. The van der Waals surface area contributed by atoms with Gasteiger partial charge in [0.1, 0.15) is 11.4 Å². The summed E-state index contributed by atoms with van der Waals surface area (Å²) in [7, 11) is 3.10. The van der Waals surface area contributed by atoms with Gasteiger partial charge in [0.15, 0.2) is 11.5 Å². The lowest BCUT2D eigenvalue weighted by Crippen LogP contribution is -2.05. The summed E-state index contributed by atoms with van der Waals surface area (Å²) in [5.74, 6) is 0.887. The summed E-state index contributed by atoms with van der Waals surface area (Å²) in [4.78, 5) is 12.5. The highest BCUT2D eigenvalue weighted by atomic mass is 32.1. The van der Waals surface area contributed by atoms with E-state index in [0.29, 0.717) is 28.0 Å². The van der Waals surface area contributed by atoms with Crippen molar-refractivity contribution in [3.05, 3.63) is 75.2 Å². The Morgan fingerprint density at radius 1 is 1.13 bits per heavy atom. The Kier molecular flexibility index (Phi) is 5.59. The van der Waals surface area contributed by atoms with Crippen molar-refractivity contribution in [2.45, 2.75) is 19.8 Å². The Morgan fingerprint density at radius 2 is 1.90 bits per heavy atom. The van der Waals surface area contributed by atoms with E-state index >= 15 is 0 Å². The van der Waals surface area contributed by atoms with E-state index in [4.69, 9.17) is 13.9 Å². The molecule has 0 radical (unpaired) electrons. The molecule has 2 aromatic heterocycles. The van der Waals surface area contributed by atoms with E-state index in [-0.39, 0.29) is 5.82 Å². The predicted molar refractivity (Wildman–Crippen MR) is 119 cm³/mol. The monoisotopic (exact) mass is 424 g/mol. The van der Waals surface area contributed by atoms with Crippen LogP contribution in [-0.4, -0.2) is 14.2 Å². The lowest BCUT2D eigenvalue weighted by Gasteiger charge is -2.09. The summed E-state index contributed by atoms with van der Waals surface area (Å²) >= 11 is 1.55. The quantitative estimate of drug-likeness (QED) is 0.346. The number of benzene rings is 2. The molecule has 0 aliphatic carbocycles. The van der Waals surface area contributed by atoms with Crippen molar-refractivity contribution >= 4 is 38.0 Å². The number of allylic oxidation sites excluding steroid dienone is 2. The normalized spacial score (nSPS) is 11.9. The molecule has 2 heterocycles. The van der Waals surface area contributed by atoms with Gasteiger partial charge in [-0.1, -0.05) is 12.1 Å². The number of methoxy groups -OCH3 is 2. The van der Waals surface area contributed by atoms with Gasteiger partial charge in [-0.15, -0.1) is 11.3 Å². The first kappa shape index (κ1) is 20.2. The van der Waals surface area contributed by atoms with Crippen LogP contribution in [0, 0.1) is 5.82 Å². The number of thiophene rings is 1. The van der Waals surface area contributed by atoms with Crippen LogP contribution >= 0.6 is 11.3 Å². The fraction of sp³-hybridized carbons (Fsp3) is 0.208. The van der Waals surface area contributed by atoms with Gasteiger partial charge >= 0.3 is 5.63 Å². The van der Waals surface area contributed by atoms with Crippen molar-refractivity contribution in [2.75, 3.05) is 14.2 Å².